The maximum atomic E-state index is 13.8. The van der Waals surface area contributed by atoms with Crippen molar-refractivity contribution in [3.8, 4) is 0 Å². The third-order valence-electron chi connectivity index (χ3n) is 3.50. The molecule has 0 saturated heterocycles. The molecule has 5 heteroatoms. The van der Waals surface area contributed by atoms with E-state index < -0.39 is 5.82 Å². The summed E-state index contributed by atoms with van der Waals surface area (Å²) in [6.45, 7) is -0.0866. The van der Waals surface area contributed by atoms with Gasteiger partial charge in [-0.25, -0.2) is 8.78 Å². The second-order valence-corrected chi connectivity index (χ2v) is 5.12. The zero-order chi connectivity index (χ0) is 15.0. The Morgan fingerprint density at radius 3 is 2.57 bits per heavy atom. The number of aliphatic hydroxyl groups is 1. The van der Waals surface area contributed by atoms with E-state index in [9.17, 15) is 13.9 Å². The van der Waals surface area contributed by atoms with Gasteiger partial charge in [0.1, 0.15) is 16.8 Å². The summed E-state index contributed by atoms with van der Waals surface area (Å²) < 4.78 is 28.9. The summed E-state index contributed by atoms with van der Waals surface area (Å²) in [5, 5.41) is 10.3. The van der Waals surface area contributed by atoms with Crippen molar-refractivity contribution < 1.29 is 13.9 Å². The van der Waals surface area contributed by atoms with E-state index in [0.29, 0.717) is 27.2 Å². The largest absolute Gasteiger partial charge is 0.392 e. The molecule has 1 heterocycles. The average molecular weight is 308 g/mol. The van der Waals surface area contributed by atoms with E-state index in [1.54, 1.807) is 28.8 Å². The van der Waals surface area contributed by atoms with Crippen molar-refractivity contribution in [1.82, 2.24) is 4.57 Å². The van der Waals surface area contributed by atoms with Crippen LogP contribution in [-0.4, -0.2) is 9.67 Å². The lowest BCUT2D eigenvalue weighted by atomic mass is 10.2. The van der Waals surface area contributed by atoms with Crippen LogP contribution in [0.3, 0.4) is 0 Å². The van der Waals surface area contributed by atoms with Crippen LogP contribution in [0.15, 0.2) is 42.5 Å². The van der Waals surface area contributed by atoms with Gasteiger partial charge in [-0.3, -0.25) is 0 Å². The minimum atomic E-state index is -0.406. The maximum absolute atomic E-state index is 13.8. The smallest absolute Gasteiger partial charge is 0.128 e. The van der Waals surface area contributed by atoms with Crippen molar-refractivity contribution in [3.63, 3.8) is 0 Å². The van der Waals surface area contributed by atoms with Gasteiger partial charge >= 0.3 is 0 Å². The van der Waals surface area contributed by atoms with Crippen LogP contribution >= 0.6 is 11.6 Å². The van der Waals surface area contributed by atoms with Crippen LogP contribution in [0.4, 0.5) is 8.78 Å². The van der Waals surface area contributed by atoms with Gasteiger partial charge in [-0.05, 0) is 24.3 Å². The number of hydrogen-bond donors (Lipinski definition) is 1. The molecule has 0 bridgehead atoms. The van der Waals surface area contributed by atoms with Gasteiger partial charge in [-0.1, -0.05) is 29.8 Å². The fourth-order valence-corrected chi connectivity index (χ4v) is 2.78. The Morgan fingerprint density at radius 1 is 1.10 bits per heavy atom. The summed E-state index contributed by atoms with van der Waals surface area (Å²) in [5.74, 6) is -0.736. The van der Waals surface area contributed by atoms with Crippen LogP contribution in [0, 0.1) is 11.6 Å². The van der Waals surface area contributed by atoms with Gasteiger partial charge < -0.3 is 9.67 Å². The number of rotatable bonds is 3. The first-order chi connectivity index (χ1) is 10.1. The number of benzene rings is 2. The Morgan fingerprint density at radius 2 is 1.86 bits per heavy atom. The molecule has 2 nitrogen and oxygen atoms in total. The van der Waals surface area contributed by atoms with E-state index in [4.69, 9.17) is 11.6 Å². The highest BCUT2D eigenvalue weighted by molar-refractivity contribution is 6.32. The first kappa shape index (κ1) is 14.0. The van der Waals surface area contributed by atoms with E-state index >= 15 is 0 Å². The van der Waals surface area contributed by atoms with E-state index in [1.807, 2.05) is 0 Å². The topological polar surface area (TPSA) is 25.2 Å². The molecule has 3 rings (SSSR count). The normalized spacial score (nSPS) is 11.2. The van der Waals surface area contributed by atoms with Gasteiger partial charge in [0.2, 0.25) is 0 Å². The van der Waals surface area contributed by atoms with Gasteiger partial charge in [0.05, 0.1) is 18.7 Å². The molecule has 1 aromatic heterocycles. The van der Waals surface area contributed by atoms with Gasteiger partial charge in [0.15, 0.2) is 0 Å². The molecule has 0 unspecified atom stereocenters. The zero-order valence-corrected chi connectivity index (χ0v) is 11.7. The second-order valence-electron chi connectivity index (χ2n) is 4.77. The van der Waals surface area contributed by atoms with Gasteiger partial charge in [-0.2, -0.15) is 0 Å². The molecule has 3 aromatic rings. The van der Waals surface area contributed by atoms with Crippen molar-refractivity contribution in [2.24, 2.45) is 0 Å². The second kappa shape index (κ2) is 5.47. The van der Waals surface area contributed by atoms with Crippen LogP contribution < -0.4 is 0 Å². The third-order valence-corrected chi connectivity index (χ3v) is 3.94. The number of hydrogen-bond acceptors (Lipinski definition) is 1. The monoisotopic (exact) mass is 307 g/mol. The molecule has 0 radical (unpaired) electrons. The molecule has 0 aliphatic heterocycles. The number of aromatic nitrogens is 1. The fourth-order valence-electron chi connectivity index (χ4n) is 2.47. The Balaban J connectivity index is 2.19. The van der Waals surface area contributed by atoms with Crippen molar-refractivity contribution in [1.29, 1.82) is 0 Å². The standard InChI is InChI=1S/C16H12ClF2NO/c17-16-13(9-21)12-7-11(18)5-6-15(12)20(16)8-10-3-1-2-4-14(10)19/h1-7,21H,8-9H2. The summed E-state index contributed by atoms with van der Waals surface area (Å²) in [5.41, 5.74) is 1.58. The lowest BCUT2D eigenvalue weighted by molar-refractivity contribution is 0.283. The molecule has 2 aromatic carbocycles. The molecule has 21 heavy (non-hydrogen) atoms. The van der Waals surface area contributed by atoms with Crippen LogP contribution in [-0.2, 0) is 13.2 Å². The van der Waals surface area contributed by atoms with E-state index in [-0.39, 0.29) is 19.0 Å². The summed E-state index contributed by atoms with van der Waals surface area (Å²) in [7, 11) is 0. The van der Waals surface area contributed by atoms with Crippen molar-refractivity contribution in [3.05, 3.63) is 70.4 Å². The molecule has 0 aliphatic carbocycles. The minimum absolute atomic E-state index is 0.216. The van der Waals surface area contributed by atoms with Crippen LogP contribution in [0.5, 0.6) is 0 Å². The van der Waals surface area contributed by atoms with E-state index in [1.165, 1.54) is 18.2 Å². The van der Waals surface area contributed by atoms with Crippen molar-refractivity contribution >= 4 is 22.5 Å². The number of nitrogens with zero attached hydrogens (tertiary/aromatic N) is 1. The highest BCUT2D eigenvalue weighted by atomic mass is 35.5. The Bertz CT molecular complexity index is 813. The molecular formula is C16H12ClF2NO. The lowest BCUT2D eigenvalue weighted by Crippen LogP contribution is -2.02. The van der Waals surface area contributed by atoms with Crippen LogP contribution in [0.25, 0.3) is 10.9 Å². The molecule has 0 spiro atoms. The molecular weight excluding hydrogens is 296 g/mol. The van der Waals surface area contributed by atoms with Gasteiger partial charge in [0, 0.05) is 16.5 Å². The molecule has 0 atom stereocenters. The van der Waals surface area contributed by atoms with Gasteiger partial charge in [-0.15, -0.1) is 0 Å². The Hall–Kier alpha value is -1.91. The fraction of sp³-hybridized carbons (Fsp3) is 0.125. The predicted molar refractivity (Wildman–Crippen MR) is 78.3 cm³/mol. The average Bonchev–Trinajstić information content (AvgIpc) is 2.73. The SMILES string of the molecule is OCc1c(Cl)n(Cc2ccccc2F)c2ccc(F)cc12. The summed E-state index contributed by atoms with van der Waals surface area (Å²) >= 11 is 6.26. The van der Waals surface area contributed by atoms with Gasteiger partial charge in [0.25, 0.3) is 0 Å². The third kappa shape index (κ3) is 2.41. The molecule has 0 amide bonds. The first-order valence-electron chi connectivity index (χ1n) is 6.42. The highest BCUT2D eigenvalue weighted by Crippen LogP contribution is 2.31. The molecule has 1 N–H and O–H groups in total. The first-order valence-corrected chi connectivity index (χ1v) is 6.80. The minimum Gasteiger partial charge on any atom is -0.392 e. The van der Waals surface area contributed by atoms with Crippen molar-refractivity contribution in [2.45, 2.75) is 13.2 Å². The molecule has 0 fully saturated rings. The Labute approximate surface area is 125 Å². The van der Waals surface area contributed by atoms with E-state index in [2.05, 4.69) is 0 Å². The summed E-state index contributed by atoms with van der Waals surface area (Å²) in [6, 6.07) is 10.6. The number of fused-ring (bicyclic) bond motifs is 1. The highest BCUT2D eigenvalue weighted by Gasteiger charge is 2.16. The molecule has 0 aliphatic rings. The summed E-state index contributed by atoms with van der Waals surface area (Å²) in [6.07, 6.45) is 0. The number of aliphatic hydroxyl groups excluding tert-OH is 1. The quantitative estimate of drug-likeness (QED) is 0.774. The van der Waals surface area contributed by atoms with E-state index in [0.717, 1.165) is 0 Å². The predicted octanol–water partition coefficient (Wildman–Crippen LogP) is 4.11. The molecule has 108 valence electrons. The Kier molecular flexibility index (Phi) is 3.66. The van der Waals surface area contributed by atoms with Crippen LogP contribution in [0.1, 0.15) is 11.1 Å². The van der Waals surface area contributed by atoms with Crippen LogP contribution in [0.2, 0.25) is 5.15 Å². The lowest BCUT2D eigenvalue weighted by Gasteiger charge is -2.08. The number of halogens is 3. The maximum Gasteiger partial charge on any atom is 0.128 e. The molecule has 0 saturated carbocycles. The zero-order valence-electron chi connectivity index (χ0n) is 11.0. The van der Waals surface area contributed by atoms with Crippen molar-refractivity contribution in [2.75, 3.05) is 0 Å². The summed E-state index contributed by atoms with van der Waals surface area (Å²) in [4.78, 5) is 0.